The van der Waals surface area contributed by atoms with Crippen LogP contribution in [0.25, 0.3) is 16.7 Å². The van der Waals surface area contributed by atoms with Gasteiger partial charge in [0.2, 0.25) is 5.78 Å². The number of carbonyl (C=O) groups is 1. The third-order valence-electron chi connectivity index (χ3n) is 4.73. The molecule has 2 heterocycles. The van der Waals surface area contributed by atoms with Gasteiger partial charge in [0.1, 0.15) is 17.2 Å². The molecule has 0 fully saturated rings. The minimum absolute atomic E-state index is 0.0746. The molecule has 26 heavy (non-hydrogen) atoms. The van der Waals surface area contributed by atoms with Gasteiger partial charge in [0.15, 0.2) is 0 Å². The maximum absolute atomic E-state index is 13.1. The van der Waals surface area contributed by atoms with Crippen LogP contribution in [0.3, 0.4) is 0 Å². The summed E-state index contributed by atoms with van der Waals surface area (Å²) < 4.78 is 2.10. The summed E-state index contributed by atoms with van der Waals surface area (Å²) in [5.41, 5.74) is 5.00. The van der Waals surface area contributed by atoms with Crippen LogP contribution in [0.1, 0.15) is 33.1 Å². The average molecular weight is 341 g/mol. The molecule has 0 amide bonds. The molecule has 128 valence electrons. The lowest BCUT2D eigenvalue weighted by Crippen LogP contribution is -2.08. The van der Waals surface area contributed by atoms with Crippen molar-refractivity contribution in [3.63, 3.8) is 0 Å². The predicted octanol–water partition coefficient (Wildman–Crippen LogP) is 4.58. The van der Waals surface area contributed by atoms with E-state index in [-0.39, 0.29) is 5.78 Å². The second-order valence-electron chi connectivity index (χ2n) is 6.39. The highest BCUT2D eigenvalue weighted by Crippen LogP contribution is 2.30. The molecule has 0 aliphatic rings. The van der Waals surface area contributed by atoms with Crippen molar-refractivity contribution in [3.8, 4) is 5.69 Å². The Morgan fingerprint density at radius 1 is 0.846 bits per heavy atom. The Hall–Kier alpha value is -3.27. The second kappa shape index (κ2) is 6.23. The number of ketones is 1. The van der Waals surface area contributed by atoms with Crippen molar-refractivity contribution in [2.45, 2.75) is 20.8 Å². The normalized spacial score (nSPS) is 11.0. The highest BCUT2D eigenvalue weighted by molar-refractivity contribution is 6.15. The zero-order chi connectivity index (χ0) is 18.3. The Morgan fingerprint density at radius 3 is 2.12 bits per heavy atom. The molecule has 0 radical (unpaired) electrons. The van der Waals surface area contributed by atoms with E-state index in [0.29, 0.717) is 17.1 Å². The molecule has 0 saturated heterocycles. The van der Waals surface area contributed by atoms with Crippen molar-refractivity contribution in [3.05, 3.63) is 89.0 Å². The third kappa shape index (κ3) is 2.51. The summed E-state index contributed by atoms with van der Waals surface area (Å²) in [6.45, 7) is 5.90. The van der Waals surface area contributed by atoms with Crippen LogP contribution in [0.15, 0.2) is 60.7 Å². The highest BCUT2D eigenvalue weighted by Gasteiger charge is 2.23. The summed E-state index contributed by atoms with van der Waals surface area (Å²) in [6, 6.07) is 19.4. The third-order valence-corrected chi connectivity index (χ3v) is 4.73. The van der Waals surface area contributed by atoms with Gasteiger partial charge in [-0.25, -0.2) is 9.97 Å². The Kier molecular flexibility index (Phi) is 3.88. The monoisotopic (exact) mass is 341 g/mol. The maximum Gasteiger partial charge on any atom is 0.212 e. The topological polar surface area (TPSA) is 47.8 Å². The molecule has 0 aliphatic carbocycles. The van der Waals surface area contributed by atoms with Gasteiger partial charge in [0, 0.05) is 16.9 Å². The van der Waals surface area contributed by atoms with Gasteiger partial charge >= 0.3 is 0 Å². The number of para-hydroxylation sites is 1. The first-order chi connectivity index (χ1) is 12.6. The zero-order valence-corrected chi connectivity index (χ0v) is 15.0. The summed E-state index contributed by atoms with van der Waals surface area (Å²) in [6.07, 6.45) is 0. The van der Waals surface area contributed by atoms with E-state index in [1.54, 1.807) is 0 Å². The number of aromatic nitrogens is 3. The molecule has 0 aliphatic heterocycles. The Morgan fingerprint density at radius 2 is 1.46 bits per heavy atom. The Bertz CT molecular complexity index is 1110. The molecule has 4 aromatic rings. The summed E-state index contributed by atoms with van der Waals surface area (Å²) >= 11 is 0. The fourth-order valence-electron chi connectivity index (χ4n) is 3.36. The van der Waals surface area contributed by atoms with E-state index in [9.17, 15) is 4.79 Å². The molecule has 0 unspecified atom stereocenters. The Balaban J connectivity index is 2.04. The van der Waals surface area contributed by atoms with Crippen LogP contribution in [-0.2, 0) is 0 Å². The van der Waals surface area contributed by atoms with Gasteiger partial charge in [-0.1, -0.05) is 48.5 Å². The lowest BCUT2D eigenvalue weighted by atomic mass is 10.0. The van der Waals surface area contributed by atoms with E-state index in [1.807, 2.05) is 74.5 Å². The summed E-state index contributed by atoms with van der Waals surface area (Å²) in [7, 11) is 0. The number of rotatable bonds is 3. The minimum Gasteiger partial charge on any atom is -0.298 e. The maximum atomic E-state index is 13.1. The fourth-order valence-corrected chi connectivity index (χ4v) is 3.36. The first-order valence-corrected chi connectivity index (χ1v) is 8.59. The number of benzene rings is 2. The van der Waals surface area contributed by atoms with E-state index in [2.05, 4.69) is 21.5 Å². The number of nitrogens with zero attached hydrogens (tertiary/aromatic N) is 3. The van der Waals surface area contributed by atoms with Crippen LogP contribution in [0.5, 0.6) is 0 Å². The quantitative estimate of drug-likeness (QED) is 0.513. The molecule has 2 aromatic heterocycles. The van der Waals surface area contributed by atoms with Crippen LogP contribution in [0.2, 0.25) is 0 Å². The van der Waals surface area contributed by atoms with Crippen molar-refractivity contribution in [1.29, 1.82) is 0 Å². The molecule has 0 atom stereocenters. The first-order valence-electron chi connectivity index (χ1n) is 8.59. The molecule has 0 bridgehead atoms. The largest absolute Gasteiger partial charge is 0.298 e. The average Bonchev–Trinajstić information content (AvgIpc) is 2.92. The van der Waals surface area contributed by atoms with E-state index in [1.165, 1.54) is 0 Å². The van der Waals surface area contributed by atoms with Crippen molar-refractivity contribution in [1.82, 2.24) is 14.5 Å². The summed E-state index contributed by atoms with van der Waals surface area (Å²) in [5, 5.41) is 0.825. The van der Waals surface area contributed by atoms with E-state index in [0.717, 1.165) is 28.0 Å². The van der Waals surface area contributed by atoms with Crippen molar-refractivity contribution < 1.29 is 4.79 Å². The standard InChI is InChI=1S/C22H19N3O/c1-14-15(2)25(18-12-8-5-9-13-18)22-19(14)20(23-16(3)24-22)21(26)17-10-6-4-7-11-17/h4-13H,1-3H3. The molecular formula is C22H19N3O. The molecular weight excluding hydrogens is 322 g/mol. The van der Waals surface area contributed by atoms with Gasteiger partial charge in [-0.15, -0.1) is 0 Å². The second-order valence-corrected chi connectivity index (χ2v) is 6.39. The summed E-state index contributed by atoms with van der Waals surface area (Å²) in [4.78, 5) is 22.3. The van der Waals surface area contributed by atoms with Crippen LogP contribution in [0.4, 0.5) is 0 Å². The van der Waals surface area contributed by atoms with Gasteiger partial charge < -0.3 is 0 Å². The lowest BCUT2D eigenvalue weighted by Gasteiger charge is -2.08. The van der Waals surface area contributed by atoms with Gasteiger partial charge in [-0.3, -0.25) is 9.36 Å². The van der Waals surface area contributed by atoms with E-state index < -0.39 is 0 Å². The lowest BCUT2D eigenvalue weighted by molar-refractivity contribution is 0.103. The number of carbonyl (C=O) groups excluding carboxylic acids is 1. The molecule has 4 rings (SSSR count). The molecule has 2 aromatic carbocycles. The smallest absolute Gasteiger partial charge is 0.212 e. The van der Waals surface area contributed by atoms with Crippen molar-refractivity contribution in [2.24, 2.45) is 0 Å². The Labute approximate surface area is 152 Å². The van der Waals surface area contributed by atoms with Crippen molar-refractivity contribution in [2.75, 3.05) is 0 Å². The highest BCUT2D eigenvalue weighted by atomic mass is 16.1. The minimum atomic E-state index is -0.0746. The number of hydrogen-bond acceptors (Lipinski definition) is 3. The molecule has 4 nitrogen and oxygen atoms in total. The van der Waals surface area contributed by atoms with E-state index >= 15 is 0 Å². The van der Waals surface area contributed by atoms with Gasteiger partial charge in [-0.05, 0) is 38.5 Å². The number of fused-ring (bicyclic) bond motifs is 1. The molecule has 4 heteroatoms. The first kappa shape index (κ1) is 16.2. The SMILES string of the molecule is Cc1nc(C(=O)c2ccccc2)c2c(C)c(C)n(-c3ccccc3)c2n1. The number of hydrogen-bond donors (Lipinski definition) is 0. The summed E-state index contributed by atoms with van der Waals surface area (Å²) in [5.74, 6) is 0.515. The van der Waals surface area contributed by atoms with Crippen LogP contribution < -0.4 is 0 Å². The van der Waals surface area contributed by atoms with Crippen LogP contribution >= 0.6 is 0 Å². The number of aryl methyl sites for hydroxylation is 2. The molecule has 0 N–H and O–H groups in total. The zero-order valence-electron chi connectivity index (χ0n) is 15.0. The van der Waals surface area contributed by atoms with Gasteiger partial charge in [-0.2, -0.15) is 0 Å². The van der Waals surface area contributed by atoms with Gasteiger partial charge in [0.25, 0.3) is 0 Å². The van der Waals surface area contributed by atoms with Crippen molar-refractivity contribution >= 4 is 16.8 Å². The van der Waals surface area contributed by atoms with Crippen LogP contribution in [0, 0.1) is 20.8 Å². The molecule has 0 spiro atoms. The van der Waals surface area contributed by atoms with Crippen LogP contribution in [-0.4, -0.2) is 20.3 Å². The van der Waals surface area contributed by atoms with Gasteiger partial charge in [0.05, 0.1) is 5.39 Å². The molecule has 0 saturated carbocycles. The van der Waals surface area contributed by atoms with E-state index in [4.69, 9.17) is 0 Å². The predicted molar refractivity (Wildman–Crippen MR) is 103 cm³/mol. The fraction of sp³-hybridized carbons (Fsp3) is 0.136.